The number of pyridine rings is 1. The normalized spacial score (nSPS) is 10.3. The van der Waals surface area contributed by atoms with Gasteiger partial charge in [0.1, 0.15) is 5.69 Å². The van der Waals surface area contributed by atoms with Gasteiger partial charge in [-0.05, 0) is 19.1 Å². The summed E-state index contributed by atoms with van der Waals surface area (Å²) < 4.78 is 1.59. The highest BCUT2D eigenvalue weighted by Crippen LogP contribution is 2.18. The predicted octanol–water partition coefficient (Wildman–Crippen LogP) is 1.16. The van der Waals surface area contributed by atoms with Gasteiger partial charge in [0.15, 0.2) is 0 Å². The van der Waals surface area contributed by atoms with Crippen LogP contribution in [0.4, 0.5) is 11.4 Å². The maximum Gasteiger partial charge on any atom is 0.278 e. The van der Waals surface area contributed by atoms with Crippen LogP contribution in [0, 0.1) is 0 Å². The van der Waals surface area contributed by atoms with Gasteiger partial charge in [0, 0.05) is 31.7 Å². The molecule has 0 fully saturated rings. The molecule has 2 heterocycles. The SMILES string of the molecule is CCn1ncc(N)c1C(=O)N(C)c1ccncc1. The lowest BCUT2D eigenvalue weighted by Crippen LogP contribution is -2.29. The van der Waals surface area contributed by atoms with E-state index in [9.17, 15) is 4.79 Å². The molecule has 2 rings (SSSR count). The summed E-state index contributed by atoms with van der Waals surface area (Å²) in [5.74, 6) is -0.182. The molecule has 0 aliphatic rings. The first-order valence-corrected chi connectivity index (χ1v) is 5.64. The molecule has 0 spiro atoms. The van der Waals surface area contributed by atoms with E-state index >= 15 is 0 Å². The van der Waals surface area contributed by atoms with Crippen LogP contribution < -0.4 is 10.6 Å². The van der Waals surface area contributed by atoms with Crippen molar-refractivity contribution in [2.24, 2.45) is 0 Å². The monoisotopic (exact) mass is 245 g/mol. The first-order valence-electron chi connectivity index (χ1n) is 5.64. The van der Waals surface area contributed by atoms with E-state index in [0.29, 0.717) is 17.9 Å². The third-order valence-electron chi connectivity index (χ3n) is 2.72. The quantitative estimate of drug-likeness (QED) is 0.880. The molecular formula is C12H15N5O. The molecule has 0 aromatic carbocycles. The van der Waals surface area contributed by atoms with Gasteiger partial charge in [-0.25, -0.2) is 0 Å². The van der Waals surface area contributed by atoms with Crippen molar-refractivity contribution in [3.63, 3.8) is 0 Å². The lowest BCUT2D eigenvalue weighted by Gasteiger charge is -2.17. The van der Waals surface area contributed by atoms with Crippen LogP contribution in [0.3, 0.4) is 0 Å². The Balaban J connectivity index is 2.34. The van der Waals surface area contributed by atoms with Crippen LogP contribution in [-0.4, -0.2) is 27.7 Å². The van der Waals surface area contributed by atoms with E-state index in [1.165, 1.54) is 11.1 Å². The summed E-state index contributed by atoms with van der Waals surface area (Å²) in [6, 6.07) is 3.53. The van der Waals surface area contributed by atoms with E-state index in [0.717, 1.165) is 5.69 Å². The summed E-state index contributed by atoms with van der Waals surface area (Å²) in [6.07, 6.45) is 4.77. The van der Waals surface area contributed by atoms with E-state index < -0.39 is 0 Å². The van der Waals surface area contributed by atoms with Gasteiger partial charge < -0.3 is 10.6 Å². The van der Waals surface area contributed by atoms with Gasteiger partial charge in [-0.15, -0.1) is 0 Å². The van der Waals surface area contributed by atoms with Gasteiger partial charge in [-0.3, -0.25) is 14.5 Å². The van der Waals surface area contributed by atoms with Crippen molar-refractivity contribution in [2.45, 2.75) is 13.5 Å². The summed E-state index contributed by atoms with van der Waals surface area (Å²) in [5, 5.41) is 4.06. The fraction of sp³-hybridized carbons (Fsp3) is 0.250. The molecule has 2 aromatic rings. The van der Waals surface area contributed by atoms with Crippen molar-refractivity contribution < 1.29 is 4.79 Å². The number of nitrogens with two attached hydrogens (primary N) is 1. The molecule has 18 heavy (non-hydrogen) atoms. The average Bonchev–Trinajstić information content (AvgIpc) is 2.79. The number of nitrogen functional groups attached to an aromatic ring is 1. The second-order valence-corrected chi connectivity index (χ2v) is 3.83. The van der Waals surface area contributed by atoms with Crippen LogP contribution in [0.1, 0.15) is 17.4 Å². The van der Waals surface area contributed by atoms with Crippen molar-refractivity contribution in [3.05, 3.63) is 36.4 Å². The second kappa shape index (κ2) is 4.87. The van der Waals surface area contributed by atoms with Crippen LogP contribution >= 0.6 is 0 Å². The highest BCUT2D eigenvalue weighted by Gasteiger charge is 2.20. The summed E-state index contributed by atoms with van der Waals surface area (Å²) in [5.41, 5.74) is 7.36. The predicted molar refractivity (Wildman–Crippen MR) is 69.3 cm³/mol. The molecule has 0 aliphatic carbocycles. The lowest BCUT2D eigenvalue weighted by molar-refractivity contribution is 0.0983. The van der Waals surface area contributed by atoms with Crippen LogP contribution in [0.5, 0.6) is 0 Å². The number of anilines is 2. The van der Waals surface area contributed by atoms with Crippen molar-refractivity contribution >= 4 is 17.3 Å². The lowest BCUT2D eigenvalue weighted by atomic mass is 10.3. The number of hydrogen-bond donors (Lipinski definition) is 1. The van der Waals surface area contributed by atoms with Gasteiger partial charge >= 0.3 is 0 Å². The Labute approximate surface area is 105 Å². The van der Waals surface area contributed by atoms with Gasteiger partial charge in [0.2, 0.25) is 0 Å². The fourth-order valence-corrected chi connectivity index (χ4v) is 1.72. The van der Waals surface area contributed by atoms with Crippen LogP contribution in [0.25, 0.3) is 0 Å². The second-order valence-electron chi connectivity index (χ2n) is 3.83. The minimum atomic E-state index is -0.182. The third-order valence-corrected chi connectivity index (χ3v) is 2.72. The largest absolute Gasteiger partial charge is 0.396 e. The average molecular weight is 245 g/mol. The first kappa shape index (κ1) is 12.1. The number of carbonyl (C=O) groups is 1. The highest BCUT2D eigenvalue weighted by molar-refractivity contribution is 6.07. The number of amides is 1. The smallest absolute Gasteiger partial charge is 0.278 e. The summed E-state index contributed by atoms with van der Waals surface area (Å²) in [6.45, 7) is 2.51. The minimum absolute atomic E-state index is 0.182. The Morgan fingerprint density at radius 2 is 2.11 bits per heavy atom. The summed E-state index contributed by atoms with van der Waals surface area (Å²) in [7, 11) is 1.70. The molecule has 0 saturated carbocycles. The summed E-state index contributed by atoms with van der Waals surface area (Å²) in [4.78, 5) is 17.8. The molecule has 2 N–H and O–H groups in total. The molecule has 2 aromatic heterocycles. The van der Waals surface area contributed by atoms with Gasteiger partial charge in [-0.2, -0.15) is 5.10 Å². The van der Waals surface area contributed by atoms with Gasteiger partial charge in [0.05, 0.1) is 11.9 Å². The Morgan fingerprint density at radius 1 is 1.44 bits per heavy atom. The zero-order chi connectivity index (χ0) is 13.1. The first-order chi connectivity index (χ1) is 8.65. The molecule has 1 amide bonds. The number of rotatable bonds is 3. The topological polar surface area (TPSA) is 77.0 Å². The van der Waals surface area contributed by atoms with E-state index in [-0.39, 0.29) is 5.91 Å². The molecule has 0 aliphatic heterocycles. The van der Waals surface area contributed by atoms with E-state index in [1.807, 2.05) is 6.92 Å². The maximum absolute atomic E-state index is 12.4. The molecule has 6 heteroatoms. The third kappa shape index (κ3) is 2.04. The minimum Gasteiger partial charge on any atom is -0.396 e. The Hall–Kier alpha value is -2.37. The Morgan fingerprint density at radius 3 is 2.72 bits per heavy atom. The van der Waals surface area contributed by atoms with Crippen molar-refractivity contribution in [2.75, 3.05) is 17.7 Å². The molecule has 6 nitrogen and oxygen atoms in total. The molecule has 0 radical (unpaired) electrons. The maximum atomic E-state index is 12.4. The molecular weight excluding hydrogens is 230 g/mol. The number of hydrogen-bond acceptors (Lipinski definition) is 4. The number of aromatic nitrogens is 3. The van der Waals surface area contributed by atoms with Crippen LogP contribution in [0.15, 0.2) is 30.7 Å². The fourth-order valence-electron chi connectivity index (χ4n) is 1.72. The van der Waals surface area contributed by atoms with Gasteiger partial charge in [-0.1, -0.05) is 0 Å². The summed E-state index contributed by atoms with van der Waals surface area (Å²) >= 11 is 0. The van der Waals surface area contributed by atoms with E-state index in [1.54, 1.807) is 36.3 Å². The number of aryl methyl sites for hydroxylation is 1. The molecule has 0 saturated heterocycles. The number of carbonyl (C=O) groups excluding carboxylic acids is 1. The zero-order valence-electron chi connectivity index (χ0n) is 10.4. The Kier molecular flexibility index (Phi) is 3.27. The standard InChI is InChI=1S/C12H15N5O/c1-3-17-11(10(13)8-15-17)12(18)16(2)9-4-6-14-7-5-9/h4-8H,3,13H2,1-2H3. The zero-order valence-corrected chi connectivity index (χ0v) is 10.4. The van der Waals surface area contributed by atoms with Gasteiger partial charge in [0.25, 0.3) is 5.91 Å². The Bertz CT molecular complexity index is 549. The molecule has 94 valence electrons. The molecule has 0 unspecified atom stereocenters. The van der Waals surface area contributed by atoms with Crippen LogP contribution in [-0.2, 0) is 6.54 Å². The van der Waals surface area contributed by atoms with E-state index in [4.69, 9.17) is 5.73 Å². The van der Waals surface area contributed by atoms with Crippen molar-refractivity contribution in [3.8, 4) is 0 Å². The molecule has 0 bridgehead atoms. The van der Waals surface area contributed by atoms with Crippen molar-refractivity contribution in [1.82, 2.24) is 14.8 Å². The number of nitrogens with zero attached hydrogens (tertiary/aromatic N) is 4. The highest BCUT2D eigenvalue weighted by atomic mass is 16.2. The van der Waals surface area contributed by atoms with Crippen LogP contribution in [0.2, 0.25) is 0 Å². The molecule has 0 atom stereocenters. The van der Waals surface area contributed by atoms with Crippen molar-refractivity contribution in [1.29, 1.82) is 0 Å². The van der Waals surface area contributed by atoms with E-state index in [2.05, 4.69) is 10.1 Å².